The molecule has 58 valence electrons. The van der Waals surface area contributed by atoms with E-state index in [1.807, 2.05) is 12.4 Å². The van der Waals surface area contributed by atoms with E-state index in [1.54, 1.807) is 6.20 Å². The highest BCUT2D eigenvalue weighted by Crippen LogP contribution is 1.81. The lowest BCUT2D eigenvalue weighted by Crippen LogP contribution is -2.07. The van der Waals surface area contributed by atoms with Gasteiger partial charge in [-0.25, -0.2) is 0 Å². The predicted molar refractivity (Wildman–Crippen MR) is 45.4 cm³/mol. The van der Waals surface area contributed by atoms with E-state index in [-0.39, 0.29) is 0 Å². The Balaban J connectivity index is 2.94. The summed E-state index contributed by atoms with van der Waals surface area (Å²) < 4.78 is 0. The van der Waals surface area contributed by atoms with Crippen LogP contribution in [-0.2, 0) is 0 Å². The van der Waals surface area contributed by atoms with Crippen LogP contribution in [0.5, 0.6) is 0 Å². The van der Waals surface area contributed by atoms with Gasteiger partial charge in [-0.1, -0.05) is 19.9 Å². The van der Waals surface area contributed by atoms with Crippen molar-refractivity contribution in [1.29, 1.82) is 0 Å². The van der Waals surface area contributed by atoms with E-state index in [1.165, 1.54) is 12.8 Å². The fraction of sp³-hybridized carbons (Fsp3) is 0.500. The number of unbranched alkanes of at least 4 members (excludes halogenated alkanes) is 1. The summed E-state index contributed by atoms with van der Waals surface area (Å²) in [5.74, 6) is 0. The van der Waals surface area contributed by atoms with Gasteiger partial charge < -0.3 is 10.6 Å². The van der Waals surface area contributed by atoms with E-state index in [4.69, 9.17) is 0 Å². The average Bonchev–Trinajstić information content (AvgIpc) is 1.97. The van der Waals surface area contributed by atoms with Gasteiger partial charge >= 0.3 is 0 Å². The second-order valence-electron chi connectivity index (χ2n) is 2.01. The Kier molecular flexibility index (Phi) is 7.34. The molecule has 0 aliphatic carbocycles. The standard InChI is InChI=1S/C8H16N2/c1-3-5-6-10-8-7-9-4-2/h4,7-10H,2-3,5-6H2,1H3/b8-7-. The first-order valence-electron chi connectivity index (χ1n) is 3.67. The molecule has 0 rings (SSSR count). The molecule has 2 heteroatoms. The third kappa shape index (κ3) is 7.08. The lowest BCUT2D eigenvalue weighted by atomic mass is 10.3. The van der Waals surface area contributed by atoms with Crippen molar-refractivity contribution in [2.45, 2.75) is 19.8 Å². The van der Waals surface area contributed by atoms with E-state index in [9.17, 15) is 0 Å². The summed E-state index contributed by atoms with van der Waals surface area (Å²) in [6.07, 6.45) is 7.80. The summed E-state index contributed by atoms with van der Waals surface area (Å²) in [6, 6.07) is 0. The van der Waals surface area contributed by atoms with E-state index in [0.717, 1.165) is 6.54 Å². The summed E-state index contributed by atoms with van der Waals surface area (Å²) in [4.78, 5) is 0. The van der Waals surface area contributed by atoms with Crippen molar-refractivity contribution in [3.8, 4) is 0 Å². The van der Waals surface area contributed by atoms with Crippen molar-refractivity contribution >= 4 is 0 Å². The monoisotopic (exact) mass is 140 g/mol. The average molecular weight is 140 g/mol. The van der Waals surface area contributed by atoms with Gasteiger partial charge in [-0.2, -0.15) is 0 Å². The zero-order valence-corrected chi connectivity index (χ0v) is 6.56. The minimum atomic E-state index is 1.05. The Bertz CT molecular complexity index is 97.4. The molecule has 0 amide bonds. The summed E-state index contributed by atoms with van der Waals surface area (Å²) >= 11 is 0. The lowest BCUT2D eigenvalue weighted by Gasteiger charge is -1.96. The van der Waals surface area contributed by atoms with Crippen LogP contribution in [0, 0.1) is 0 Å². The normalized spacial score (nSPS) is 9.70. The number of nitrogens with one attached hydrogen (secondary N) is 2. The SMILES string of the molecule is C=CN/C=C\NCCCC. The molecule has 0 aliphatic rings. The maximum atomic E-state index is 3.50. The number of hydrogen-bond donors (Lipinski definition) is 2. The van der Waals surface area contributed by atoms with Crippen molar-refractivity contribution in [3.05, 3.63) is 25.2 Å². The molecule has 0 aromatic carbocycles. The summed E-state index contributed by atoms with van der Waals surface area (Å²) in [6.45, 7) is 6.73. The van der Waals surface area contributed by atoms with E-state index in [0.29, 0.717) is 0 Å². The predicted octanol–water partition coefficient (Wildman–Crippen LogP) is 1.58. The van der Waals surface area contributed by atoms with Gasteiger partial charge in [0, 0.05) is 18.9 Å². The van der Waals surface area contributed by atoms with Crippen LogP contribution in [0.4, 0.5) is 0 Å². The summed E-state index contributed by atoms with van der Waals surface area (Å²) in [5, 5.41) is 5.98. The Morgan fingerprint density at radius 3 is 2.80 bits per heavy atom. The van der Waals surface area contributed by atoms with Crippen molar-refractivity contribution in [1.82, 2.24) is 10.6 Å². The van der Waals surface area contributed by atoms with Gasteiger partial charge in [0.2, 0.25) is 0 Å². The van der Waals surface area contributed by atoms with Crippen LogP contribution in [0.15, 0.2) is 25.2 Å². The van der Waals surface area contributed by atoms with Gasteiger partial charge in [0.25, 0.3) is 0 Å². The molecule has 2 N–H and O–H groups in total. The molecular weight excluding hydrogens is 124 g/mol. The Morgan fingerprint density at radius 1 is 1.40 bits per heavy atom. The molecule has 0 atom stereocenters. The largest absolute Gasteiger partial charge is 0.390 e. The van der Waals surface area contributed by atoms with E-state index < -0.39 is 0 Å². The Labute approximate surface area is 63.0 Å². The van der Waals surface area contributed by atoms with Crippen LogP contribution >= 0.6 is 0 Å². The molecular formula is C8H16N2. The highest BCUT2D eigenvalue weighted by molar-refractivity contribution is 4.81. The van der Waals surface area contributed by atoms with Gasteiger partial charge in [-0.3, -0.25) is 0 Å². The first kappa shape index (κ1) is 9.08. The molecule has 0 aromatic rings. The molecule has 0 heterocycles. The van der Waals surface area contributed by atoms with Crippen molar-refractivity contribution in [2.75, 3.05) is 6.54 Å². The third-order valence-corrected chi connectivity index (χ3v) is 1.09. The smallest absolute Gasteiger partial charge is 0.0163 e. The van der Waals surface area contributed by atoms with Gasteiger partial charge in [0.1, 0.15) is 0 Å². The minimum Gasteiger partial charge on any atom is -0.390 e. The van der Waals surface area contributed by atoms with E-state index in [2.05, 4.69) is 24.1 Å². The highest BCUT2D eigenvalue weighted by Gasteiger charge is 1.76. The van der Waals surface area contributed by atoms with Crippen LogP contribution in [0.3, 0.4) is 0 Å². The van der Waals surface area contributed by atoms with Crippen molar-refractivity contribution < 1.29 is 0 Å². The summed E-state index contributed by atoms with van der Waals surface area (Å²) in [7, 11) is 0. The third-order valence-electron chi connectivity index (χ3n) is 1.09. The maximum absolute atomic E-state index is 3.50. The molecule has 10 heavy (non-hydrogen) atoms. The maximum Gasteiger partial charge on any atom is 0.0163 e. The minimum absolute atomic E-state index is 1.05. The van der Waals surface area contributed by atoms with Crippen LogP contribution in [0.2, 0.25) is 0 Å². The van der Waals surface area contributed by atoms with Crippen LogP contribution in [0.25, 0.3) is 0 Å². The van der Waals surface area contributed by atoms with E-state index >= 15 is 0 Å². The fourth-order valence-corrected chi connectivity index (χ4v) is 0.537. The molecule has 0 saturated heterocycles. The fourth-order valence-electron chi connectivity index (χ4n) is 0.537. The second kappa shape index (κ2) is 8.08. The number of hydrogen-bond acceptors (Lipinski definition) is 2. The molecule has 0 unspecified atom stereocenters. The van der Waals surface area contributed by atoms with Crippen molar-refractivity contribution in [3.63, 3.8) is 0 Å². The lowest BCUT2D eigenvalue weighted by molar-refractivity contribution is 0.733. The van der Waals surface area contributed by atoms with Crippen LogP contribution in [-0.4, -0.2) is 6.54 Å². The Morgan fingerprint density at radius 2 is 2.20 bits per heavy atom. The van der Waals surface area contributed by atoms with Gasteiger partial charge in [0.15, 0.2) is 0 Å². The molecule has 0 fully saturated rings. The zero-order chi connectivity index (χ0) is 7.66. The topological polar surface area (TPSA) is 24.1 Å². The first-order valence-corrected chi connectivity index (χ1v) is 3.67. The molecule has 0 saturated carbocycles. The quantitative estimate of drug-likeness (QED) is 0.547. The van der Waals surface area contributed by atoms with Gasteiger partial charge in [-0.15, -0.1) is 0 Å². The number of rotatable bonds is 6. The molecule has 0 aromatic heterocycles. The molecule has 0 radical (unpaired) electrons. The first-order chi connectivity index (χ1) is 4.91. The second-order valence-corrected chi connectivity index (χ2v) is 2.01. The molecule has 0 aliphatic heterocycles. The zero-order valence-electron chi connectivity index (χ0n) is 6.56. The van der Waals surface area contributed by atoms with Gasteiger partial charge in [0.05, 0.1) is 0 Å². The molecule has 2 nitrogen and oxygen atoms in total. The van der Waals surface area contributed by atoms with Crippen molar-refractivity contribution in [2.24, 2.45) is 0 Å². The van der Waals surface area contributed by atoms with Crippen LogP contribution in [0.1, 0.15) is 19.8 Å². The highest BCUT2D eigenvalue weighted by atomic mass is 14.9. The van der Waals surface area contributed by atoms with Crippen LogP contribution < -0.4 is 10.6 Å². The molecule has 0 spiro atoms. The molecule has 0 bridgehead atoms. The summed E-state index contributed by atoms with van der Waals surface area (Å²) in [5.41, 5.74) is 0. The van der Waals surface area contributed by atoms with Gasteiger partial charge in [-0.05, 0) is 12.6 Å². The Hall–Kier alpha value is -0.920.